The van der Waals surface area contributed by atoms with Crippen LogP contribution < -0.4 is 50.0 Å². The van der Waals surface area contributed by atoms with Crippen LogP contribution in [-0.2, 0) is 19.2 Å². The van der Waals surface area contributed by atoms with Crippen molar-refractivity contribution in [1.82, 2.24) is 0 Å². The fourth-order valence-electron chi connectivity index (χ4n) is 0.0577. The molecule has 0 aliphatic heterocycles. The molecule has 0 spiro atoms. The molecule has 0 aliphatic carbocycles. The van der Waals surface area contributed by atoms with Gasteiger partial charge in [0.25, 0.3) is 0 Å². The summed E-state index contributed by atoms with van der Waals surface area (Å²) >= 11 is 0. The molecule has 0 aliphatic rings. The van der Waals surface area contributed by atoms with E-state index in [2.05, 4.69) is 0 Å². The molecular formula is C15H28AlNaO15. The molecule has 0 aromatic carbocycles. The van der Waals surface area contributed by atoms with E-state index in [4.69, 9.17) is 35.7 Å². The van der Waals surface area contributed by atoms with Gasteiger partial charge in [-0.15, -0.1) is 0 Å². The second kappa shape index (κ2) is 32.3. The van der Waals surface area contributed by atoms with E-state index in [1.807, 2.05) is 0 Å². The molecule has 4 atom stereocenters. The minimum absolute atomic E-state index is 0. The minimum Gasteiger partial charge on any atom is -0.547 e. The molecule has 0 amide bonds. The molecule has 0 radical (unpaired) electrons. The predicted molar refractivity (Wildman–Crippen MR) is 92.7 cm³/mol. The van der Waals surface area contributed by atoms with Gasteiger partial charge in [0, 0.05) is 0 Å². The molecule has 0 heterocycles. The number of rotatable bonds is 6. The standard InChI is InChI=1S/C3H8O3.4C3H6O3.Al.Na/c4-1-3(6)2-5;4*1-2(4)3(5)6;;/h3-6H,1-2H2;4*2,4H,1H3,(H,5,6);;/q;;;;;+3;+1/p-4. The predicted octanol–water partition coefficient (Wildman–Crippen LogP) is -12.6. The summed E-state index contributed by atoms with van der Waals surface area (Å²) in [7, 11) is 0. The smallest absolute Gasteiger partial charge is 0.547 e. The van der Waals surface area contributed by atoms with E-state index in [1.165, 1.54) is 0 Å². The van der Waals surface area contributed by atoms with Crippen LogP contribution in [0.2, 0.25) is 0 Å². The second-order valence-corrected chi connectivity index (χ2v) is 5.00. The van der Waals surface area contributed by atoms with Crippen molar-refractivity contribution < 1.29 is 105 Å². The molecule has 17 heteroatoms. The molecule has 7 N–H and O–H groups in total. The summed E-state index contributed by atoms with van der Waals surface area (Å²) in [5, 5.41) is 93.2. The molecule has 0 saturated heterocycles. The van der Waals surface area contributed by atoms with Gasteiger partial charge in [-0.1, -0.05) is 0 Å². The maximum absolute atomic E-state index is 9.34. The zero-order valence-corrected chi connectivity index (χ0v) is 21.4. The van der Waals surface area contributed by atoms with Crippen molar-refractivity contribution in [1.29, 1.82) is 0 Å². The number of aliphatic hydroxyl groups is 7. The first kappa shape index (κ1) is 48.5. The Morgan fingerprint density at radius 2 is 0.656 bits per heavy atom. The van der Waals surface area contributed by atoms with Crippen LogP contribution in [0.5, 0.6) is 0 Å². The van der Waals surface area contributed by atoms with Gasteiger partial charge < -0.3 is 75.3 Å². The third kappa shape index (κ3) is 63.0. The quantitative estimate of drug-likeness (QED) is 0.167. The van der Waals surface area contributed by atoms with Gasteiger partial charge in [0.2, 0.25) is 0 Å². The van der Waals surface area contributed by atoms with E-state index in [-0.39, 0.29) is 60.1 Å². The largest absolute Gasteiger partial charge is 3.00 e. The van der Waals surface area contributed by atoms with Crippen LogP contribution >= 0.6 is 0 Å². The number of aliphatic carboxylic acids is 4. The van der Waals surface area contributed by atoms with Crippen molar-refractivity contribution in [3.63, 3.8) is 0 Å². The Kier molecular flexibility index (Phi) is 49.0. The Morgan fingerprint density at radius 3 is 0.656 bits per heavy atom. The molecule has 15 nitrogen and oxygen atoms in total. The fourth-order valence-corrected chi connectivity index (χ4v) is 0.0577. The Morgan fingerprint density at radius 1 is 0.562 bits per heavy atom. The first-order chi connectivity index (χ1) is 13.4. The van der Waals surface area contributed by atoms with Gasteiger partial charge in [-0.25, -0.2) is 0 Å². The third-order valence-electron chi connectivity index (χ3n) is 1.79. The molecule has 32 heavy (non-hydrogen) atoms. The van der Waals surface area contributed by atoms with E-state index in [0.717, 1.165) is 27.7 Å². The number of carboxylic acids is 4. The monoisotopic (exact) mass is 498 g/mol. The van der Waals surface area contributed by atoms with Crippen LogP contribution in [0.1, 0.15) is 27.7 Å². The van der Waals surface area contributed by atoms with Gasteiger partial charge in [-0.05, 0) is 27.7 Å². The number of hydrogen-bond acceptors (Lipinski definition) is 15. The Hall–Kier alpha value is -0.868. The summed E-state index contributed by atoms with van der Waals surface area (Å²) in [6, 6.07) is 0. The van der Waals surface area contributed by atoms with Gasteiger partial charge in [-0.3, -0.25) is 0 Å². The van der Waals surface area contributed by atoms with E-state index in [1.54, 1.807) is 0 Å². The van der Waals surface area contributed by atoms with Crippen molar-refractivity contribution >= 4 is 41.2 Å². The first-order valence-corrected chi connectivity index (χ1v) is 7.84. The molecule has 0 saturated carbocycles. The number of carbonyl (C=O) groups is 4. The molecule has 0 aromatic rings. The second-order valence-electron chi connectivity index (χ2n) is 5.00. The average Bonchev–Trinajstić information content (AvgIpc) is 2.62. The summed E-state index contributed by atoms with van der Waals surface area (Å²) in [6.45, 7) is 3.81. The van der Waals surface area contributed by atoms with Crippen LogP contribution in [-0.4, -0.2) is 121 Å². The molecule has 4 unspecified atom stereocenters. The number of aliphatic hydroxyl groups excluding tert-OH is 7. The van der Waals surface area contributed by atoms with Crippen molar-refractivity contribution in [3.05, 3.63) is 0 Å². The number of hydrogen-bond donors (Lipinski definition) is 7. The summed E-state index contributed by atoms with van der Waals surface area (Å²) in [5.74, 6) is -5.74. The number of carboxylic acid groups (broad SMARTS) is 4. The van der Waals surface area contributed by atoms with Crippen molar-refractivity contribution in [3.8, 4) is 0 Å². The molecule has 0 fully saturated rings. The zero-order valence-electron chi connectivity index (χ0n) is 18.3. The van der Waals surface area contributed by atoms with Crippen LogP contribution in [0.15, 0.2) is 0 Å². The SMILES string of the molecule is CC(O)C(=O)[O-].CC(O)C(=O)[O-].CC(O)C(=O)[O-].CC(O)C(=O)[O-].OCC(O)CO.[Al+3].[Na+]. The minimum atomic E-state index is -1.44. The van der Waals surface area contributed by atoms with Crippen molar-refractivity contribution in [2.75, 3.05) is 13.2 Å². The van der Waals surface area contributed by atoms with E-state index in [0.29, 0.717) is 0 Å². The van der Waals surface area contributed by atoms with Gasteiger partial charge in [0.05, 0.1) is 61.5 Å². The summed E-state index contributed by atoms with van der Waals surface area (Å²) in [4.78, 5) is 37.4. The van der Waals surface area contributed by atoms with Gasteiger partial charge >= 0.3 is 46.9 Å². The molecule has 0 aromatic heterocycles. The third-order valence-corrected chi connectivity index (χ3v) is 1.79. The van der Waals surface area contributed by atoms with Gasteiger partial charge in [0.15, 0.2) is 0 Å². The van der Waals surface area contributed by atoms with Crippen LogP contribution in [0.25, 0.3) is 0 Å². The van der Waals surface area contributed by atoms with E-state index in [9.17, 15) is 39.6 Å². The summed E-state index contributed by atoms with van der Waals surface area (Å²) < 4.78 is 0. The van der Waals surface area contributed by atoms with Crippen LogP contribution in [0, 0.1) is 0 Å². The topological polar surface area (TPSA) is 302 Å². The molecule has 0 rings (SSSR count). The Labute approximate surface area is 217 Å². The molecular weight excluding hydrogens is 470 g/mol. The summed E-state index contributed by atoms with van der Waals surface area (Å²) in [6.07, 6.45) is -6.32. The maximum atomic E-state index is 9.34. The molecule has 182 valence electrons. The summed E-state index contributed by atoms with van der Waals surface area (Å²) in [5.41, 5.74) is 0. The van der Waals surface area contributed by atoms with E-state index < -0.39 is 54.4 Å². The van der Waals surface area contributed by atoms with Gasteiger partial charge in [0.1, 0.15) is 6.10 Å². The first-order valence-electron chi connectivity index (χ1n) is 7.84. The van der Waals surface area contributed by atoms with Crippen molar-refractivity contribution in [2.45, 2.75) is 58.2 Å². The van der Waals surface area contributed by atoms with Crippen LogP contribution in [0.3, 0.4) is 0 Å². The van der Waals surface area contributed by atoms with Crippen molar-refractivity contribution in [2.24, 2.45) is 0 Å². The zero-order chi connectivity index (χ0) is 25.6. The normalized spacial score (nSPS) is 12.1. The maximum Gasteiger partial charge on any atom is 3.00 e. The van der Waals surface area contributed by atoms with Crippen LogP contribution in [0.4, 0.5) is 0 Å². The van der Waals surface area contributed by atoms with Gasteiger partial charge in [-0.2, -0.15) is 0 Å². The Bertz CT molecular complexity index is 382. The van der Waals surface area contributed by atoms with E-state index >= 15 is 0 Å². The number of carbonyl (C=O) groups excluding carboxylic acids is 4. The average molecular weight is 498 g/mol. The Balaban J connectivity index is -0.0000000481. The fraction of sp³-hybridized carbons (Fsp3) is 0.733. The molecule has 0 bridgehead atoms.